The van der Waals surface area contributed by atoms with E-state index in [1.54, 1.807) is 6.08 Å². The molecule has 0 bridgehead atoms. The third kappa shape index (κ3) is 4.93. The molecule has 0 fully saturated rings. The van der Waals surface area contributed by atoms with Crippen LogP contribution in [0.5, 0.6) is 5.75 Å². The van der Waals surface area contributed by atoms with Crippen LogP contribution in [0.1, 0.15) is 18.2 Å². The van der Waals surface area contributed by atoms with Gasteiger partial charge in [0.25, 0.3) is 0 Å². The van der Waals surface area contributed by atoms with Crippen molar-refractivity contribution in [2.24, 2.45) is 0 Å². The SMILES string of the molecule is CCOc1ccccc1CNC(=O)C=Cc1ccc(I)o1. The molecule has 5 heteroatoms. The van der Waals surface area contributed by atoms with Gasteiger partial charge >= 0.3 is 0 Å². The van der Waals surface area contributed by atoms with Crippen molar-refractivity contribution in [1.82, 2.24) is 5.32 Å². The molecule has 0 unspecified atom stereocenters. The van der Waals surface area contributed by atoms with Gasteiger partial charge in [-0.3, -0.25) is 4.79 Å². The lowest BCUT2D eigenvalue weighted by Gasteiger charge is -2.09. The quantitative estimate of drug-likeness (QED) is 0.599. The van der Waals surface area contributed by atoms with Gasteiger partial charge < -0.3 is 14.5 Å². The summed E-state index contributed by atoms with van der Waals surface area (Å²) in [5.41, 5.74) is 0.952. The van der Waals surface area contributed by atoms with E-state index in [1.165, 1.54) is 6.08 Å². The van der Waals surface area contributed by atoms with Crippen molar-refractivity contribution in [3.63, 3.8) is 0 Å². The Morgan fingerprint density at radius 2 is 2.14 bits per heavy atom. The van der Waals surface area contributed by atoms with Crippen LogP contribution in [-0.2, 0) is 11.3 Å². The van der Waals surface area contributed by atoms with Gasteiger partial charge in [-0.2, -0.15) is 0 Å². The highest BCUT2D eigenvalue weighted by Crippen LogP contribution is 2.17. The van der Waals surface area contributed by atoms with Crippen LogP contribution in [0.15, 0.2) is 46.9 Å². The van der Waals surface area contributed by atoms with E-state index in [2.05, 4.69) is 27.9 Å². The van der Waals surface area contributed by atoms with Crippen molar-refractivity contribution < 1.29 is 13.9 Å². The fourth-order valence-corrected chi connectivity index (χ4v) is 2.20. The van der Waals surface area contributed by atoms with E-state index in [-0.39, 0.29) is 5.91 Å². The molecular formula is C16H16INO3. The first-order chi connectivity index (χ1) is 10.2. The van der Waals surface area contributed by atoms with E-state index in [0.29, 0.717) is 18.9 Å². The van der Waals surface area contributed by atoms with E-state index >= 15 is 0 Å². The molecule has 4 nitrogen and oxygen atoms in total. The average molecular weight is 397 g/mol. The number of hydrogen-bond donors (Lipinski definition) is 1. The lowest BCUT2D eigenvalue weighted by Crippen LogP contribution is -2.20. The van der Waals surface area contributed by atoms with Crippen LogP contribution < -0.4 is 10.1 Å². The molecule has 0 saturated heterocycles. The second-order valence-corrected chi connectivity index (χ2v) is 5.30. The first kappa shape index (κ1) is 15.6. The summed E-state index contributed by atoms with van der Waals surface area (Å²) < 4.78 is 11.7. The van der Waals surface area contributed by atoms with Crippen molar-refractivity contribution in [1.29, 1.82) is 0 Å². The van der Waals surface area contributed by atoms with E-state index in [1.807, 2.05) is 43.3 Å². The lowest BCUT2D eigenvalue weighted by molar-refractivity contribution is -0.116. The van der Waals surface area contributed by atoms with Crippen molar-refractivity contribution in [3.05, 3.63) is 57.6 Å². The molecule has 2 rings (SSSR count). The van der Waals surface area contributed by atoms with Crippen LogP contribution in [0.3, 0.4) is 0 Å². The van der Waals surface area contributed by atoms with Crippen molar-refractivity contribution in [2.45, 2.75) is 13.5 Å². The number of furan rings is 1. The first-order valence-electron chi connectivity index (χ1n) is 6.61. The maximum atomic E-state index is 11.8. The van der Waals surface area contributed by atoms with Gasteiger partial charge in [0.1, 0.15) is 11.5 Å². The Balaban J connectivity index is 1.90. The number of halogens is 1. The summed E-state index contributed by atoms with van der Waals surface area (Å²) >= 11 is 2.08. The predicted octanol–water partition coefficient (Wildman–Crippen LogP) is 3.61. The normalized spacial score (nSPS) is 10.8. The number of carbonyl (C=O) groups excluding carboxylic acids is 1. The highest BCUT2D eigenvalue weighted by molar-refractivity contribution is 14.1. The summed E-state index contributed by atoms with van der Waals surface area (Å²) in [4.78, 5) is 11.8. The first-order valence-corrected chi connectivity index (χ1v) is 7.69. The maximum absolute atomic E-state index is 11.8. The molecule has 0 aliphatic carbocycles. The summed E-state index contributed by atoms with van der Waals surface area (Å²) in [7, 11) is 0. The number of nitrogens with one attached hydrogen (secondary N) is 1. The number of carbonyl (C=O) groups is 1. The van der Waals surface area contributed by atoms with Crippen LogP contribution in [0.25, 0.3) is 6.08 Å². The second-order valence-electron chi connectivity index (χ2n) is 4.23. The Kier molecular flexibility index (Phi) is 5.86. The third-order valence-corrected chi connectivity index (χ3v) is 3.30. The molecule has 0 aliphatic rings. The van der Waals surface area contributed by atoms with Gasteiger partial charge in [-0.15, -0.1) is 0 Å². The fourth-order valence-electron chi connectivity index (χ4n) is 1.76. The molecular weight excluding hydrogens is 381 g/mol. The van der Waals surface area contributed by atoms with E-state index in [0.717, 1.165) is 15.1 Å². The molecule has 0 spiro atoms. The van der Waals surface area contributed by atoms with E-state index in [4.69, 9.17) is 9.15 Å². The molecule has 1 N–H and O–H groups in total. The summed E-state index contributed by atoms with van der Waals surface area (Å²) in [6.07, 6.45) is 3.10. The Morgan fingerprint density at radius 1 is 1.33 bits per heavy atom. The van der Waals surface area contributed by atoms with Crippen LogP contribution >= 0.6 is 22.6 Å². The molecule has 21 heavy (non-hydrogen) atoms. The summed E-state index contributed by atoms with van der Waals surface area (Å²) in [5.74, 6) is 1.28. The largest absolute Gasteiger partial charge is 0.494 e. The zero-order valence-corrected chi connectivity index (χ0v) is 13.8. The van der Waals surface area contributed by atoms with Crippen LogP contribution in [0.4, 0.5) is 0 Å². The predicted molar refractivity (Wildman–Crippen MR) is 89.9 cm³/mol. The smallest absolute Gasteiger partial charge is 0.244 e. The monoisotopic (exact) mass is 397 g/mol. The molecule has 1 heterocycles. The molecule has 0 radical (unpaired) electrons. The lowest BCUT2D eigenvalue weighted by atomic mass is 10.2. The zero-order chi connectivity index (χ0) is 15.1. The topological polar surface area (TPSA) is 51.5 Å². The van der Waals surface area contributed by atoms with E-state index < -0.39 is 0 Å². The summed E-state index contributed by atoms with van der Waals surface area (Å²) in [6, 6.07) is 11.3. The Bertz CT molecular complexity index is 634. The van der Waals surface area contributed by atoms with Gasteiger partial charge in [-0.1, -0.05) is 18.2 Å². The number of hydrogen-bond acceptors (Lipinski definition) is 3. The standard InChI is InChI=1S/C16H16INO3/c1-2-20-14-6-4-3-5-12(14)11-18-16(19)10-8-13-7-9-15(17)21-13/h3-10H,2,11H2,1H3,(H,18,19). The molecule has 110 valence electrons. The van der Waals surface area contributed by atoms with Crippen LogP contribution in [0.2, 0.25) is 0 Å². The van der Waals surface area contributed by atoms with Crippen molar-refractivity contribution in [2.75, 3.05) is 6.61 Å². The third-order valence-electron chi connectivity index (χ3n) is 2.72. The summed E-state index contributed by atoms with van der Waals surface area (Å²) in [6.45, 7) is 2.96. The number of ether oxygens (including phenoxy) is 1. The number of rotatable bonds is 6. The molecule has 0 aliphatic heterocycles. The van der Waals surface area contributed by atoms with Crippen LogP contribution in [0, 0.1) is 3.77 Å². The molecule has 0 atom stereocenters. The second kappa shape index (κ2) is 7.87. The van der Waals surface area contributed by atoms with Gasteiger partial charge in [0.15, 0.2) is 3.77 Å². The average Bonchev–Trinajstić information content (AvgIpc) is 2.90. The molecule has 1 aromatic carbocycles. The Hall–Kier alpha value is -1.76. The number of benzene rings is 1. The zero-order valence-electron chi connectivity index (χ0n) is 11.6. The van der Waals surface area contributed by atoms with Gasteiger partial charge in [-0.25, -0.2) is 0 Å². The number of para-hydroxylation sites is 1. The van der Waals surface area contributed by atoms with Gasteiger partial charge in [0.05, 0.1) is 6.61 Å². The van der Waals surface area contributed by atoms with Crippen LogP contribution in [-0.4, -0.2) is 12.5 Å². The molecule has 1 aromatic heterocycles. The minimum atomic E-state index is -0.173. The minimum absolute atomic E-state index is 0.173. The highest BCUT2D eigenvalue weighted by atomic mass is 127. The van der Waals surface area contributed by atoms with Crippen molar-refractivity contribution in [3.8, 4) is 5.75 Å². The molecule has 1 amide bonds. The minimum Gasteiger partial charge on any atom is -0.494 e. The Labute approximate surface area is 137 Å². The highest BCUT2D eigenvalue weighted by Gasteiger charge is 2.03. The Morgan fingerprint density at radius 3 is 2.86 bits per heavy atom. The van der Waals surface area contributed by atoms with E-state index in [9.17, 15) is 4.79 Å². The van der Waals surface area contributed by atoms with Gasteiger partial charge in [0.2, 0.25) is 5.91 Å². The molecule has 2 aromatic rings. The maximum Gasteiger partial charge on any atom is 0.244 e. The van der Waals surface area contributed by atoms with Gasteiger partial charge in [-0.05, 0) is 53.8 Å². The number of amides is 1. The summed E-state index contributed by atoms with van der Waals surface area (Å²) in [5, 5.41) is 2.83. The molecule has 0 saturated carbocycles. The van der Waals surface area contributed by atoms with Gasteiger partial charge in [0, 0.05) is 18.2 Å². The fraction of sp³-hybridized carbons (Fsp3) is 0.188. The van der Waals surface area contributed by atoms with Crippen molar-refractivity contribution >= 4 is 34.6 Å².